The number of allylic oxidation sites excluding steroid dienone is 4. The number of methoxy groups -OCH3 is 1. The second-order valence-corrected chi connectivity index (χ2v) is 7.93. The van der Waals surface area contributed by atoms with Gasteiger partial charge in [-0.1, -0.05) is 25.5 Å². The van der Waals surface area contributed by atoms with Gasteiger partial charge in [0.15, 0.2) is 0 Å². The third-order valence-electron chi connectivity index (χ3n) is 5.94. The summed E-state index contributed by atoms with van der Waals surface area (Å²) < 4.78 is 15.9. The third kappa shape index (κ3) is 3.75. The van der Waals surface area contributed by atoms with Gasteiger partial charge in [-0.3, -0.25) is 4.79 Å². The van der Waals surface area contributed by atoms with Crippen LogP contribution in [0.1, 0.15) is 60.3 Å². The fourth-order valence-corrected chi connectivity index (χ4v) is 4.58. The van der Waals surface area contributed by atoms with Crippen molar-refractivity contribution in [2.75, 3.05) is 20.5 Å². The van der Waals surface area contributed by atoms with Crippen molar-refractivity contribution in [3.8, 4) is 0 Å². The van der Waals surface area contributed by atoms with E-state index in [4.69, 9.17) is 14.2 Å². The highest BCUT2D eigenvalue weighted by Gasteiger charge is 2.53. The van der Waals surface area contributed by atoms with E-state index in [-0.39, 0.29) is 16.8 Å². The minimum absolute atomic E-state index is 0.124. The number of ether oxygens (including phenoxy) is 3. The first-order chi connectivity index (χ1) is 11.2. The van der Waals surface area contributed by atoms with Crippen LogP contribution < -0.4 is 0 Å². The van der Waals surface area contributed by atoms with Crippen molar-refractivity contribution in [1.29, 1.82) is 0 Å². The van der Waals surface area contributed by atoms with Crippen molar-refractivity contribution in [3.63, 3.8) is 0 Å². The highest BCUT2D eigenvalue weighted by Crippen LogP contribution is 2.62. The lowest BCUT2D eigenvalue weighted by Gasteiger charge is -2.45. The number of carbonyl (C=O) groups excluding carboxylic acids is 1. The van der Waals surface area contributed by atoms with Crippen LogP contribution in [0.3, 0.4) is 0 Å². The third-order valence-corrected chi connectivity index (χ3v) is 5.94. The maximum absolute atomic E-state index is 11.4. The largest absolute Gasteiger partial charge is 0.431 e. The predicted octanol–water partition coefficient (Wildman–Crippen LogP) is 4.61. The Bertz CT molecular complexity index is 544. The van der Waals surface area contributed by atoms with Crippen LogP contribution in [0.15, 0.2) is 23.0 Å². The van der Waals surface area contributed by atoms with Gasteiger partial charge in [-0.15, -0.1) is 0 Å². The molecule has 0 radical (unpaired) electrons. The molecule has 4 nitrogen and oxygen atoms in total. The second kappa shape index (κ2) is 7.40. The van der Waals surface area contributed by atoms with Crippen molar-refractivity contribution in [2.45, 2.75) is 60.3 Å². The molecule has 2 aliphatic carbocycles. The first kappa shape index (κ1) is 19.2. The summed E-state index contributed by atoms with van der Waals surface area (Å²) in [6.45, 7) is 11.5. The van der Waals surface area contributed by atoms with Gasteiger partial charge in [0.25, 0.3) is 0 Å². The van der Waals surface area contributed by atoms with E-state index in [2.05, 4.69) is 33.8 Å². The molecule has 0 aromatic heterocycles. The van der Waals surface area contributed by atoms with Crippen LogP contribution in [0.25, 0.3) is 0 Å². The highest BCUT2D eigenvalue weighted by atomic mass is 16.7. The maximum atomic E-state index is 11.4. The molecule has 0 aromatic rings. The lowest BCUT2D eigenvalue weighted by atomic mass is 9.60. The fraction of sp³-hybridized carbons (Fsp3) is 0.750. The summed E-state index contributed by atoms with van der Waals surface area (Å²) in [5.74, 6) is 1.13. The summed E-state index contributed by atoms with van der Waals surface area (Å²) in [4.78, 5) is 11.4. The van der Waals surface area contributed by atoms with Gasteiger partial charge in [-0.2, -0.15) is 0 Å². The molecule has 0 saturated carbocycles. The Morgan fingerprint density at radius 3 is 2.67 bits per heavy atom. The number of hydrogen-bond donors (Lipinski definition) is 0. The lowest BCUT2D eigenvalue weighted by molar-refractivity contribution is -0.138. The minimum Gasteiger partial charge on any atom is -0.431 e. The zero-order valence-corrected chi connectivity index (χ0v) is 16.0. The molecule has 136 valence electrons. The average molecular weight is 336 g/mol. The Balaban J connectivity index is 2.19. The highest BCUT2D eigenvalue weighted by molar-refractivity contribution is 5.67. The number of fused-ring (bicyclic) bond motifs is 1. The normalized spacial score (nSPS) is 28.6. The van der Waals surface area contributed by atoms with Crippen molar-refractivity contribution in [3.05, 3.63) is 23.0 Å². The van der Waals surface area contributed by atoms with Crippen molar-refractivity contribution >= 4 is 5.97 Å². The topological polar surface area (TPSA) is 44.8 Å². The van der Waals surface area contributed by atoms with Gasteiger partial charge in [0.2, 0.25) is 0 Å². The number of rotatable bonds is 7. The molecule has 2 aliphatic rings. The molecule has 0 amide bonds. The molecule has 0 saturated heterocycles. The first-order valence-electron chi connectivity index (χ1n) is 8.86. The van der Waals surface area contributed by atoms with Crippen LogP contribution >= 0.6 is 0 Å². The van der Waals surface area contributed by atoms with Crippen molar-refractivity contribution in [2.24, 2.45) is 16.7 Å². The van der Waals surface area contributed by atoms with Gasteiger partial charge < -0.3 is 14.2 Å². The molecule has 2 rings (SSSR count). The van der Waals surface area contributed by atoms with E-state index in [0.717, 1.165) is 38.0 Å². The summed E-state index contributed by atoms with van der Waals surface area (Å²) in [7, 11) is 1.64. The average Bonchev–Trinajstić information content (AvgIpc) is 2.67. The van der Waals surface area contributed by atoms with Crippen LogP contribution in [-0.4, -0.2) is 26.5 Å². The van der Waals surface area contributed by atoms with Crippen LogP contribution in [0, 0.1) is 16.7 Å². The van der Waals surface area contributed by atoms with Gasteiger partial charge >= 0.3 is 5.97 Å². The molecule has 0 spiro atoms. The molecular formula is C20H32O4. The van der Waals surface area contributed by atoms with Crippen LogP contribution in [0.4, 0.5) is 0 Å². The molecule has 2 atom stereocenters. The van der Waals surface area contributed by atoms with Crippen molar-refractivity contribution in [1.82, 2.24) is 0 Å². The number of hydrogen-bond acceptors (Lipinski definition) is 4. The van der Waals surface area contributed by atoms with Gasteiger partial charge in [0.1, 0.15) is 12.6 Å². The Kier molecular flexibility index (Phi) is 5.92. The quantitative estimate of drug-likeness (QED) is 0.295. The van der Waals surface area contributed by atoms with Crippen LogP contribution in [-0.2, 0) is 19.0 Å². The van der Waals surface area contributed by atoms with Gasteiger partial charge in [0, 0.05) is 27.1 Å². The van der Waals surface area contributed by atoms with E-state index < -0.39 is 0 Å². The Hall–Kier alpha value is -1.13. The molecule has 0 heterocycles. The minimum atomic E-state index is -0.217. The lowest BCUT2D eigenvalue weighted by Crippen LogP contribution is -2.38. The summed E-state index contributed by atoms with van der Waals surface area (Å²) in [5, 5.41) is 0. The molecule has 0 unspecified atom stereocenters. The maximum Gasteiger partial charge on any atom is 0.307 e. The van der Waals surface area contributed by atoms with Gasteiger partial charge in [0.05, 0.1) is 0 Å². The summed E-state index contributed by atoms with van der Waals surface area (Å²) in [5.41, 5.74) is 2.93. The first-order valence-corrected chi connectivity index (χ1v) is 8.86. The second-order valence-electron chi connectivity index (χ2n) is 7.93. The summed E-state index contributed by atoms with van der Waals surface area (Å²) in [6.07, 6.45) is 6.39. The van der Waals surface area contributed by atoms with Crippen LogP contribution in [0.2, 0.25) is 0 Å². The molecule has 0 bridgehead atoms. The van der Waals surface area contributed by atoms with E-state index in [1.165, 1.54) is 18.1 Å². The van der Waals surface area contributed by atoms with Crippen LogP contribution in [0.5, 0.6) is 0 Å². The molecule has 24 heavy (non-hydrogen) atoms. The zero-order valence-electron chi connectivity index (χ0n) is 16.0. The van der Waals surface area contributed by atoms with Gasteiger partial charge in [-0.05, 0) is 55.4 Å². The van der Waals surface area contributed by atoms with E-state index in [9.17, 15) is 4.79 Å². The smallest absolute Gasteiger partial charge is 0.307 e. The standard InChI is InChI=1S/C20H32O4/c1-14-11-20(8-7-9-23-13-22-6)12-15(2)19(4,5)18(20)10-17(14)24-16(3)21/h12,18H,7-11,13H2,1-6H3/t18-,20+/m0/s1. The molecule has 0 N–H and O–H groups in total. The van der Waals surface area contributed by atoms with E-state index >= 15 is 0 Å². The Labute approximate surface area is 146 Å². The molecule has 0 fully saturated rings. The monoisotopic (exact) mass is 336 g/mol. The summed E-state index contributed by atoms with van der Waals surface area (Å²) >= 11 is 0. The molecule has 0 aliphatic heterocycles. The van der Waals surface area contributed by atoms with E-state index in [1.807, 2.05) is 0 Å². The zero-order chi connectivity index (χ0) is 18.0. The molecule has 4 heteroatoms. The molecule has 0 aromatic carbocycles. The van der Waals surface area contributed by atoms with E-state index in [0.29, 0.717) is 12.7 Å². The molecular weight excluding hydrogens is 304 g/mol. The Morgan fingerprint density at radius 1 is 1.33 bits per heavy atom. The van der Waals surface area contributed by atoms with Crippen molar-refractivity contribution < 1.29 is 19.0 Å². The van der Waals surface area contributed by atoms with E-state index in [1.54, 1.807) is 7.11 Å². The van der Waals surface area contributed by atoms with Gasteiger partial charge in [-0.25, -0.2) is 0 Å². The Morgan fingerprint density at radius 2 is 2.04 bits per heavy atom. The number of carbonyl (C=O) groups is 1. The predicted molar refractivity (Wildman–Crippen MR) is 94.2 cm³/mol. The summed E-state index contributed by atoms with van der Waals surface area (Å²) in [6, 6.07) is 0. The SMILES string of the molecule is COCOCCC[C@@]12C=C(C)C(C)(C)[C@@H]1CC(OC(C)=O)=C(C)C2. The fourth-order valence-electron chi connectivity index (χ4n) is 4.58. The number of esters is 1.